The number of fused-ring (bicyclic) bond motifs is 2. The van der Waals surface area contributed by atoms with E-state index in [9.17, 15) is 4.79 Å². The summed E-state index contributed by atoms with van der Waals surface area (Å²) in [7, 11) is 3.10. The second kappa shape index (κ2) is 7.20. The highest BCUT2D eigenvalue weighted by atomic mass is 16.7. The number of carbonyl (C=O) groups is 1. The van der Waals surface area contributed by atoms with Crippen molar-refractivity contribution in [1.29, 1.82) is 0 Å². The first-order valence-electron chi connectivity index (χ1n) is 9.21. The molecule has 4 rings (SSSR count). The van der Waals surface area contributed by atoms with E-state index in [1.807, 2.05) is 38.1 Å². The molecule has 0 saturated carbocycles. The van der Waals surface area contributed by atoms with Gasteiger partial charge in [0.1, 0.15) is 22.9 Å². The summed E-state index contributed by atoms with van der Waals surface area (Å²) in [5, 5.41) is 0. The predicted molar refractivity (Wildman–Crippen MR) is 109 cm³/mol. The zero-order chi connectivity index (χ0) is 20.6. The van der Waals surface area contributed by atoms with Crippen molar-refractivity contribution in [3.05, 3.63) is 59.2 Å². The van der Waals surface area contributed by atoms with E-state index in [-0.39, 0.29) is 12.6 Å². The number of carbonyl (C=O) groups excluding carboxylic acids is 1. The average molecular weight is 394 g/mol. The summed E-state index contributed by atoms with van der Waals surface area (Å²) in [6.07, 6.45) is 5.38. The van der Waals surface area contributed by atoms with Gasteiger partial charge < -0.3 is 23.7 Å². The Morgan fingerprint density at radius 3 is 2.59 bits per heavy atom. The lowest BCUT2D eigenvalue weighted by Gasteiger charge is -2.29. The van der Waals surface area contributed by atoms with Crippen molar-refractivity contribution in [2.45, 2.75) is 19.4 Å². The normalized spacial score (nSPS) is 16.1. The molecule has 0 spiro atoms. The van der Waals surface area contributed by atoms with Gasteiger partial charge in [-0.15, -0.1) is 0 Å². The maximum atomic E-state index is 12.8. The number of benzene rings is 2. The highest BCUT2D eigenvalue weighted by molar-refractivity contribution is 6.08. The molecule has 0 N–H and O–H groups in total. The summed E-state index contributed by atoms with van der Waals surface area (Å²) in [6.45, 7) is 4.12. The monoisotopic (exact) mass is 394 g/mol. The average Bonchev–Trinajstić information content (AvgIpc) is 3.18. The van der Waals surface area contributed by atoms with Gasteiger partial charge in [-0.3, -0.25) is 4.79 Å². The van der Waals surface area contributed by atoms with Crippen LogP contribution in [0.4, 0.5) is 0 Å². The Hall–Kier alpha value is -3.41. The van der Waals surface area contributed by atoms with Crippen molar-refractivity contribution < 1.29 is 28.5 Å². The molecule has 0 aliphatic carbocycles. The third-order valence-electron chi connectivity index (χ3n) is 4.79. The molecule has 2 aliphatic rings. The molecule has 0 saturated heterocycles. The summed E-state index contributed by atoms with van der Waals surface area (Å²) in [4.78, 5) is 12.8. The van der Waals surface area contributed by atoms with Crippen LogP contribution in [0.5, 0.6) is 23.0 Å². The molecule has 6 nitrogen and oxygen atoms in total. The van der Waals surface area contributed by atoms with Crippen molar-refractivity contribution in [3.8, 4) is 23.0 Å². The molecular formula is C23H22O6. The smallest absolute Gasteiger partial charge is 0.231 e. The van der Waals surface area contributed by atoms with Crippen molar-refractivity contribution in [3.63, 3.8) is 0 Å². The first-order valence-corrected chi connectivity index (χ1v) is 9.21. The predicted octanol–water partition coefficient (Wildman–Crippen LogP) is 4.48. The van der Waals surface area contributed by atoms with Crippen LogP contribution in [0.25, 0.3) is 11.8 Å². The summed E-state index contributed by atoms with van der Waals surface area (Å²) in [6, 6.07) is 8.77. The van der Waals surface area contributed by atoms with Crippen LogP contribution >= 0.6 is 0 Å². The fourth-order valence-corrected chi connectivity index (χ4v) is 3.34. The first-order chi connectivity index (χ1) is 13.9. The second-order valence-electron chi connectivity index (χ2n) is 7.24. The van der Waals surface area contributed by atoms with Gasteiger partial charge in [-0.2, -0.15) is 0 Å². The fraction of sp³-hybridized carbons (Fsp3) is 0.261. The van der Waals surface area contributed by atoms with Gasteiger partial charge in [-0.05, 0) is 56.3 Å². The second-order valence-corrected chi connectivity index (χ2v) is 7.24. The van der Waals surface area contributed by atoms with Gasteiger partial charge in [0.15, 0.2) is 17.3 Å². The van der Waals surface area contributed by atoms with E-state index < -0.39 is 5.60 Å². The van der Waals surface area contributed by atoms with E-state index in [4.69, 9.17) is 23.7 Å². The third-order valence-corrected chi connectivity index (χ3v) is 4.79. The number of methoxy groups -OCH3 is 2. The van der Waals surface area contributed by atoms with E-state index in [2.05, 4.69) is 0 Å². The first kappa shape index (κ1) is 18.9. The molecule has 2 aromatic carbocycles. The van der Waals surface area contributed by atoms with E-state index >= 15 is 0 Å². The lowest BCUT2D eigenvalue weighted by atomic mass is 9.98. The molecule has 2 aliphatic heterocycles. The number of allylic oxidation sites excluding steroid dienone is 1. The van der Waals surface area contributed by atoms with Crippen LogP contribution in [-0.4, -0.2) is 32.4 Å². The van der Waals surface area contributed by atoms with Crippen LogP contribution in [0.3, 0.4) is 0 Å². The largest absolute Gasteiger partial charge is 0.496 e. The minimum absolute atomic E-state index is 0.158. The van der Waals surface area contributed by atoms with Crippen LogP contribution in [0, 0.1) is 0 Å². The molecular weight excluding hydrogens is 372 g/mol. The van der Waals surface area contributed by atoms with E-state index in [0.29, 0.717) is 34.1 Å². The minimum atomic E-state index is -0.394. The van der Waals surface area contributed by atoms with Gasteiger partial charge in [0.25, 0.3) is 0 Å². The van der Waals surface area contributed by atoms with Crippen LogP contribution in [-0.2, 0) is 4.74 Å². The van der Waals surface area contributed by atoms with E-state index in [0.717, 1.165) is 11.3 Å². The molecule has 2 aromatic rings. The standard InChI is InChI=1S/C23H22O6/c1-23(2)10-9-16-18(29-23)8-6-15(22(16)26-4)20(25-3)12-17(24)14-5-7-19-21(11-14)28-13-27-19/h5-12H,13H2,1-4H3/b20-12+. The summed E-state index contributed by atoms with van der Waals surface area (Å²) < 4.78 is 27.8. The Kier molecular flexibility index (Phi) is 4.70. The number of ketones is 1. The Bertz CT molecular complexity index is 1030. The maximum Gasteiger partial charge on any atom is 0.231 e. The van der Waals surface area contributed by atoms with E-state index in [1.54, 1.807) is 25.3 Å². The van der Waals surface area contributed by atoms with Crippen molar-refractivity contribution in [2.75, 3.05) is 21.0 Å². The zero-order valence-corrected chi connectivity index (χ0v) is 16.8. The topological polar surface area (TPSA) is 63.2 Å². The van der Waals surface area contributed by atoms with Crippen molar-refractivity contribution in [1.82, 2.24) is 0 Å². The SMILES string of the molecule is CO/C(=C/C(=O)c1ccc2c(c1)OCO2)c1ccc2c(c1OC)C=CC(C)(C)O2. The van der Waals surface area contributed by atoms with Gasteiger partial charge in [-0.1, -0.05) is 0 Å². The molecule has 2 heterocycles. The van der Waals surface area contributed by atoms with Crippen molar-refractivity contribution in [2.24, 2.45) is 0 Å². The summed E-state index contributed by atoms with van der Waals surface area (Å²) in [5.74, 6) is 2.66. The molecule has 0 radical (unpaired) electrons. The quantitative estimate of drug-likeness (QED) is 0.423. The van der Waals surface area contributed by atoms with Gasteiger partial charge in [-0.25, -0.2) is 0 Å². The molecule has 0 unspecified atom stereocenters. The molecule has 0 fully saturated rings. The van der Waals surface area contributed by atoms with E-state index in [1.165, 1.54) is 13.2 Å². The van der Waals surface area contributed by atoms with Crippen LogP contribution < -0.4 is 18.9 Å². The van der Waals surface area contributed by atoms with Gasteiger partial charge in [0.2, 0.25) is 6.79 Å². The third kappa shape index (κ3) is 3.53. The molecule has 150 valence electrons. The van der Waals surface area contributed by atoms with Crippen LogP contribution in [0.15, 0.2) is 42.5 Å². The summed E-state index contributed by atoms with van der Waals surface area (Å²) >= 11 is 0. The Morgan fingerprint density at radius 2 is 1.83 bits per heavy atom. The molecule has 0 aromatic heterocycles. The number of rotatable bonds is 5. The number of hydrogen-bond donors (Lipinski definition) is 0. The number of ether oxygens (including phenoxy) is 5. The highest BCUT2D eigenvalue weighted by Gasteiger charge is 2.26. The molecule has 0 atom stereocenters. The lowest BCUT2D eigenvalue weighted by molar-refractivity contribution is 0.104. The van der Waals surface area contributed by atoms with Gasteiger partial charge in [0, 0.05) is 11.6 Å². The lowest BCUT2D eigenvalue weighted by Crippen LogP contribution is -2.27. The van der Waals surface area contributed by atoms with Crippen LogP contribution in [0.1, 0.15) is 35.3 Å². The summed E-state index contributed by atoms with van der Waals surface area (Å²) in [5.41, 5.74) is 1.55. The number of hydrogen-bond acceptors (Lipinski definition) is 6. The van der Waals surface area contributed by atoms with Gasteiger partial charge in [0.05, 0.1) is 25.3 Å². The molecule has 0 bridgehead atoms. The highest BCUT2D eigenvalue weighted by Crippen LogP contribution is 2.41. The Morgan fingerprint density at radius 1 is 1.07 bits per heavy atom. The molecule has 0 amide bonds. The Balaban J connectivity index is 1.71. The zero-order valence-electron chi connectivity index (χ0n) is 16.8. The molecule has 6 heteroatoms. The Labute approximate surface area is 169 Å². The molecule has 29 heavy (non-hydrogen) atoms. The fourth-order valence-electron chi connectivity index (χ4n) is 3.34. The van der Waals surface area contributed by atoms with Crippen LogP contribution in [0.2, 0.25) is 0 Å². The van der Waals surface area contributed by atoms with Crippen molar-refractivity contribution >= 4 is 17.6 Å². The maximum absolute atomic E-state index is 12.8. The minimum Gasteiger partial charge on any atom is -0.496 e. The van der Waals surface area contributed by atoms with Gasteiger partial charge >= 0.3 is 0 Å².